The first-order valence-corrected chi connectivity index (χ1v) is 4.78. The zero-order valence-electron chi connectivity index (χ0n) is 7.86. The Hall–Kier alpha value is -1.10. The van der Waals surface area contributed by atoms with Crippen molar-refractivity contribution in [2.75, 3.05) is 7.11 Å². The number of rotatable bonds is 3. The maximum atomic E-state index is 11.0. The summed E-state index contributed by atoms with van der Waals surface area (Å²) in [7, 11) is 1.32. The Balaban J connectivity index is 2.64. The molecule has 0 saturated carbocycles. The Bertz CT molecular complexity index is 330. The summed E-state index contributed by atoms with van der Waals surface area (Å²) in [5, 5.41) is 0. The molecule has 0 aromatic carbocycles. The minimum atomic E-state index is -0.629. The SMILES string of the molecule is COC(=O)[C@H](C)Oc1cncc(Br)c1. The van der Waals surface area contributed by atoms with E-state index in [0.717, 1.165) is 4.47 Å². The van der Waals surface area contributed by atoms with Crippen LogP contribution in [0.2, 0.25) is 0 Å². The Kier molecular flexibility index (Phi) is 3.88. The lowest BCUT2D eigenvalue weighted by Crippen LogP contribution is -2.24. The van der Waals surface area contributed by atoms with E-state index in [1.165, 1.54) is 13.3 Å². The van der Waals surface area contributed by atoms with E-state index < -0.39 is 12.1 Å². The molecule has 0 aliphatic rings. The Morgan fingerprint density at radius 1 is 1.57 bits per heavy atom. The molecule has 5 heteroatoms. The van der Waals surface area contributed by atoms with Crippen molar-refractivity contribution in [3.8, 4) is 5.75 Å². The van der Waals surface area contributed by atoms with E-state index in [0.29, 0.717) is 5.75 Å². The maximum absolute atomic E-state index is 11.0. The summed E-state index contributed by atoms with van der Waals surface area (Å²) in [5.74, 6) is 0.113. The lowest BCUT2D eigenvalue weighted by atomic mass is 10.4. The predicted octanol–water partition coefficient (Wildman–Crippen LogP) is 1.78. The normalized spacial score (nSPS) is 11.9. The second-order valence-corrected chi connectivity index (χ2v) is 3.54. The first-order valence-electron chi connectivity index (χ1n) is 3.98. The zero-order valence-corrected chi connectivity index (χ0v) is 9.45. The Labute approximate surface area is 90.4 Å². The van der Waals surface area contributed by atoms with Crippen LogP contribution >= 0.6 is 15.9 Å². The minimum Gasteiger partial charge on any atom is -0.477 e. The summed E-state index contributed by atoms with van der Waals surface area (Å²) >= 11 is 3.25. The smallest absolute Gasteiger partial charge is 0.346 e. The molecule has 4 nitrogen and oxygen atoms in total. The lowest BCUT2D eigenvalue weighted by molar-refractivity contribution is -0.147. The van der Waals surface area contributed by atoms with E-state index in [9.17, 15) is 4.79 Å². The van der Waals surface area contributed by atoms with E-state index >= 15 is 0 Å². The van der Waals surface area contributed by atoms with Gasteiger partial charge in [0.05, 0.1) is 13.3 Å². The molecule has 0 bridgehead atoms. The van der Waals surface area contributed by atoms with Crippen molar-refractivity contribution < 1.29 is 14.3 Å². The second kappa shape index (κ2) is 4.95. The van der Waals surface area contributed by atoms with Crippen LogP contribution in [-0.2, 0) is 9.53 Å². The number of hydrogen-bond donors (Lipinski definition) is 0. The monoisotopic (exact) mass is 259 g/mol. The fourth-order valence-electron chi connectivity index (χ4n) is 0.875. The van der Waals surface area contributed by atoms with Gasteiger partial charge in [-0.15, -0.1) is 0 Å². The largest absolute Gasteiger partial charge is 0.477 e. The highest BCUT2D eigenvalue weighted by Gasteiger charge is 2.14. The molecule has 0 N–H and O–H groups in total. The summed E-state index contributed by atoms with van der Waals surface area (Å²) in [4.78, 5) is 14.9. The van der Waals surface area contributed by atoms with Crippen LogP contribution < -0.4 is 4.74 Å². The molecule has 1 heterocycles. The van der Waals surface area contributed by atoms with Crippen molar-refractivity contribution in [3.63, 3.8) is 0 Å². The highest BCUT2D eigenvalue weighted by atomic mass is 79.9. The molecule has 1 aromatic rings. The average molecular weight is 260 g/mol. The van der Waals surface area contributed by atoms with Gasteiger partial charge in [0, 0.05) is 10.7 Å². The van der Waals surface area contributed by atoms with E-state index in [1.807, 2.05) is 0 Å². The van der Waals surface area contributed by atoms with Gasteiger partial charge in [0.2, 0.25) is 0 Å². The van der Waals surface area contributed by atoms with Gasteiger partial charge in [0.1, 0.15) is 5.75 Å². The number of pyridine rings is 1. The molecule has 1 atom stereocenters. The summed E-state index contributed by atoms with van der Waals surface area (Å²) in [5.41, 5.74) is 0. The molecule has 1 rings (SSSR count). The van der Waals surface area contributed by atoms with Gasteiger partial charge in [-0.1, -0.05) is 0 Å². The molecular formula is C9H10BrNO3. The van der Waals surface area contributed by atoms with Crippen LogP contribution in [0.4, 0.5) is 0 Å². The van der Waals surface area contributed by atoms with Crippen LogP contribution in [0.1, 0.15) is 6.92 Å². The fraction of sp³-hybridized carbons (Fsp3) is 0.333. The molecule has 0 unspecified atom stereocenters. The average Bonchev–Trinajstić information content (AvgIpc) is 2.16. The number of carbonyl (C=O) groups excluding carboxylic acids is 1. The van der Waals surface area contributed by atoms with E-state index in [2.05, 4.69) is 25.7 Å². The van der Waals surface area contributed by atoms with Crippen molar-refractivity contribution in [2.45, 2.75) is 13.0 Å². The highest BCUT2D eigenvalue weighted by molar-refractivity contribution is 9.10. The highest BCUT2D eigenvalue weighted by Crippen LogP contribution is 2.17. The van der Waals surface area contributed by atoms with Crippen LogP contribution in [-0.4, -0.2) is 24.2 Å². The van der Waals surface area contributed by atoms with Crippen LogP contribution in [0, 0.1) is 0 Å². The van der Waals surface area contributed by atoms with Gasteiger partial charge in [-0.25, -0.2) is 4.79 Å². The third-order valence-electron chi connectivity index (χ3n) is 1.53. The van der Waals surface area contributed by atoms with Crippen molar-refractivity contribution in [2.24, 2.45) is 0 Å². The molecule has 14 heavy (non-hydrogen) atoms. The molecule has 0 spiro atoms. The molecule has 76 valence electrons. The van der Waals surface area contributed by atoms with Crippen LogP contribution in [0.3, 0.4) is 0 Å². The third-order valence-corrected chi connectivity index (χ3v) is 1.96. The standard InChI is InChI=1S/C9H10BrNO3/c1-6(9(12)13-2)14-8-3-7(10)4-11-5-8/h3-6H,1-2H3/t6-/m0/s1. The Morgan fingerprint density at radius 3 is 2.86 bits per heavy atom. The molecular weight excluding hydrogens is 250 g/mol. The lowest BCUT2D eigenvalue weighted by Gasteiger charge is -2.11. The van der Waals surface area contributed by atoms with Crippen molar-refractivity contribution >= 4 is 21.9 Å². The van der Waals surface area contributed by atoms with Crippen molar-refractivity contribution in [1.29, 1.82) is 0 Å². The van der Waals surface area contributed by atoms with E-state index in [1.54, 1.807) is 19.2 Å². The van der Waals surface area contributed by atoms with Gasteiger partial charge in [0.15, 0.2) is 6.10 Å². The number of halogens is 1. The predicted molar refractivity (Wildman–Crippen MR) is 54.0 cm³/mol. The summed E-state index contributed by atoms with van der Waals surface area (Å²) in [6, 6.07) is 1.73. The second-order valence-electron chi connectivity index (χ2n) is 2.62. The van der Waals surface area contributed by atoms with Crippen molar-refractivity contribution in [3.05, 3.63) is 22.9 Å². The fourth-order valence-corrected chi connectivity index (χ4v) is 1.22. The topological polar surface area (TPSA) is 48.4 Å². The molecule has 0 fully saturated rings. The first-order chi connectivity index (χ1) is 6.63. The number of esters is 1. The zero-order chi connectivity index (χ0) is 10.6. The third kappa shape index (κ3) is 2.99. The molecule has 0 saturated heterocycles. The molecule has 0 aliphatic heterocycles. The Morgan fingerprint density at radius 2 is 2.29 bits per heavy atom. The maximum Gasteiger partial charge on any atom is 0.346 e. The van der Waals surface area contributed by atoms with Gasteiger partial charge in [-0.3, -0.25) is 4.98 Å². The number of aromatic nitrogens is 1. The van der Waals surface area contributed by atoms with Crippen LogP contribution in [0.5, 0.6) is 5.75 Å². The van der Waals surface area contributed by atoms with Gasteiger partial charge in [-0.2, -0.15) is 0 Å². The van der Waals surface area contributed by atoms with E-state index in [4.69, 9.17) is 4.74 Å². The number of ether oxygens (including phenoxy) is 2. The van der Waals surface area contributed by atoms with E-state index in [-0.39, 0.29) is 0 Å². The number of methoxy groups -OCH3 is 1. The molecule has 1 aromatic heterocycles. The van der Waals surface area contributed by atoms with Crippen LogP contribution in [0.25, 0.3) is 0 Å². The summed E-state index contributed by atoms with van der Waals surface area (Å²) in [6.07, 6.45) is 2.54. The quantitative estimate of drug-likeness (QED) is 0.777. The van der Waals surface area contributed by atoms with Crippen molar-refractivity contribution in [1.82, 2.24) is 4.98 Å². The summed E-state index contributed by atoms with van der Waals surface area (Å²) < 4.78 is 10.6. The number of carbonyl (C=O) groups is 1. The molecule has 0 radical (unpaired) electrons. The van der Waals surface area contributed by atoms with Gasteiger partial charge in [-0.05, 0) is 28.9 Å². The molecule has 0 amide bonds. The number of hydrogen-bond acceptors (Lipinski definition) is 4. The first kappa shape index (κ1) is 11.0. The van der Waals surface area contributed by atoms with Crippen LogP contribution in [0.15, 0.2) is 22.9 Å². The van der Waals surface area contributed by atoms with Gasteiger partial charge >= 0.3 is 5.97 Å². The van der Waals surface area contributed by atoms with Gasteiger partial charge < -0.3 is 9.47 Å². The summed E-state index contributed by atoms with van der Waals surface area (Å²) in [6.45, 7) is 1.62. The number of nitrogens with zero attached hydrogens (tertiary/aromatic N) is 1. The molecule has 0 aliphatic carbocycles. The van der Waals surface area contributed by atoms with Gasteiger partial charge in [0.25, 0.3) is 0 Å². The minimum absolute atomic E-state index is 0.412.